The zero-order valence-electron chi connectivity index (χ0n) is 15.2. The van der Waals surface area contributed by atoms with Gasteiger partial charge in [0.05, 0.1) is 0 Å². The Kier molecular flexibility index (Phi) is 7.08. The summed E-state index contributed by atoms with van der Waals surface area (Å²) in [6.45, 7) is 5.58. The second-order valence-corrected chi connectivity index (χ2v) is 7.57. The van der Waals surface area contributed by atoms with Gasteiger partial charge in [0.25, 0.3) is 0 Å². The molecule has 138 valence electrons. The van der Waals surface area contributed by atoms with Crippen molar-refractivity contribution in [2.75, 3.05) is 19.8 Å². The van der Waals surface area contributed by atoms with Gasteiger partial charge in [0.1, 0.15) is 0 Å². The van der Waals surface area contributed by atoms with Crippen LogP contribution < -0.4 is 10.6 Å². The molecule has 0 radical (unpaired) electrons. The van der Waals surface area contributed by atoms with Crippen LogP contribution in [0.1, 0.15) is 44.6 Å². The molecule has 2 bridgehead atoms. The Labute approximate surface area is 157 Å². The third-order valence-electron chi connectivity index (χ3n) is 5.38. The zero-order chi connectivity index (χ0) is 17.5. The minimum absolute atomic E-state index is 0.511. The zero-order valence-corrected chi connectivity index (χ0v) is 16.1. The molecule has 0 spiro atoms. The van der Waals surface area contributed by atoms with Crippen LogP contribution in [0.5, 0.6) is 0 Å². The molecule has 0 unspecified atom stereocenters. The molecule has 1 aromatic rings. The second-order valence-electron chi connectivity index (χ2n) is 7.16. The normalized spacial score (nSPS) is 25.7. The van der Waals surface area contributed by atoms with Gasteiger partial charge in [0, 0.05) is 44.4 Å². The third kappa shape index (κ3) is 5.40. The molecular weight excluding hydrogens is 330 g/mol. The average molecular weight is 362 g/mol. The first-order valence-electron chi connectivity index (χ1n) is 9.68. The van der Waals surface area contributed by atoms with E-state index in [0.29, 0.717) is 18.1 Å². The van der Waals surface area contributed by atoms with Crippen molar-refractivity contribution >= 4 is 17.3 Å². The van der Waals surface area contributed by atoms with Crippen LogP contribution in [-0.2, 0) is 11.3 Å². The van der Waals surface area contributed by atoms with Crippen LogP contribution in [0.3, 0.4) is 0 Å². The monoisotopic (exact) mass is 361 g/mol. The van der Waals surface area contributed by atoms with Crippen molar-refractivity contribution in [1.29, 1.82) is 0 Å². The van der Waals surface area contributed by atoms with Crippen molar-refractivity contribution in [2.24, 2.45) is 0 Å². The van der Waals surface area contributed by atoms with Crippen molar-refractivity contribution < 1.29 is 4.74 Å². The van der Waals surface area contributed by atoms with E-state index in [9.17, 15) is 0 Å². The maximum Gasteiger partial charge on any atom is 0.166 e. The van der Waals surface area contributed by atoms with E-state index in [1.165, 1.54) is 31.2 Å². The molecule has 2 heterocycles. The summed E-state index contributed by atoms with van der Waals surface area (Å²) < 4.78 is 5.35. The van der Waals surface area contributed by atoms with Crippen LogP contribution in [0, 0.1) is 0 Å². The highest BCUT2D eigenvalue weighted by Crippen LogP contribution is 2.36. The summed E-state index contributed by atoms with van der Waals surface area (Å²) >= 11 is 5.47. The first kappa shape index (κ1) is 18.6. The Morgan fingerprint density at radius 2 is 1.92 bits per heavy atom. The molecule has 1 aromatic carbocycles. The van der Waals surface area contributed by atoms with Gasteiger partial charge in [-0.05, 0) is 56.8 Å². The molecule has 2 fully saturated rings. The minimum atomic E-state index is 0.511. The Morgan fingerprint density at radius 1 is 1.20 bits per heavy atom. The Bertz CT molecular complexity index is 525. The molecule has 25 heavy (non-hydrogen) atoms. The van der Waals surface area contributed by atoms with Crippen LogP contribution in [0.15, 0.2) is 30.3 Å². The van der Waals surface area contributed by atoms with Gasteiger partial charge in [-0.15, -0.1) is 0 Å². The summed E-state index contributed by atoms with van der Waals surface area (Å²) in [5.74, 6) is 0. The number of benzene rings is 1. The molecule has 2 saturated heterocycles. The van der Waals surface area contributed by atoms with Crippen molar-refractivity contribution in [3.05, 3.63) is 35.9 Å². The SMILES string of the molecule is CCOCCCNC(=S)NC1C[C@@H]2CC[C@@H](C1)N2Cc1ccccc1. The summed E-state index contributed by atoms with van der Waals surface area (Å²) in [5.41, 5.74) is 1.43. The third-order valence-corrected chi connectivity index (χ3v) is 5.64. The molecule has 2 atom stereocenters. The van der Waals surface area contributed by atoms with Gasteiger partial charge in [-0.2, -0.15) is 0 Å². The van der Waals surface area contributed by atoms with Crippen molar-refractivity contribution in [3.8, 4) is 0 Å². The van der Waals surface area contributed by atoms with E-state index in [1.807, 2.05) is 6.92 Å². The van der Waals surface area contributed by atoms with E-state index >= 15 is 0 Å². The highest BCUT2D eigenvalue weighted by atomic mass is 32.1. The maximum absolute atomic E-state index is 5.47. The quantitative estimate of drug-likeness (QED) is 0.550. The van der Waals surface area contributed by atoms with E-state index in [1.54, 1.807) is 0 Å². The number of piperidine rings is 1. The average Bonchev–Trinajstić information content (AvgIpc) is 2.85. The summed E-state index contributed by atoms with van der Waals surface area (Å²) in [7, 11) is 0. The van der Waals surface area contributed by atoms with Crippen LogP contribution >= 0.6 is 12.2 Å². The van der Waals surface area contributed by atoms with Gasteiger partial charge < -0.3 is 15.4 Å². The maximum atomic E-state index is 5.47. The smallest absolute Gasteiger partial charge is 0.166 e. The largest absolute Gasteiger partial charge is 0.382 e. The number of hydrogen-bond acceptors (Lipinski definition) is 3. The van der Waals surface area contributed by atoms with E-state index in [-0.39, 0.29) is 0 Å². The number of nitrogens with one attached hydrogen (secondary N) is 2. The molecule has 0 aliphatic carbocycles. The number of thiocarbonyl (C=S) groups is 1. The van der Waals surface area contributed by atoms with Gasteiger partial charge in [-0.3, -0.25) is 4.90 Å². The molecule has 5 heteroatoms. The van der Waals surface area contributed by atoms with E-state index < -0.39 is 0 Å². The highest BCUT2D eigenvalue weighted by Gasteiger charge is 2.40. The fraction of sp³-hybridized carbons (Fsp3) is 0.650. The number of nitrogens with zero attached hydrogens (tertiary/aromatic N) is 1. The predicted molar refractivity (Wildman–Crippen MR) is 107 cm³/mol. The molecule has 2 aliphatic rings. The Balaban J connectivity index is 1.41. The van der Waals surface area contributed by atoms with E-state index in [2.05, 4.69) is 45.9 Å². The highest BCUT2D eigenvalue weighted by molar-refractivity contribution is 7.80. The van der Waals surface area contributed by atoms with Gasteiger partial charge in [-0.25, -0.2) is 0 Å². The number of ether oxygens (including phenoxy) is 1. The van der Waals surface area contributed by atoms with Crippen LogP contribution in [0.2, 0.25) is 0 Å². The lowest BCUT2D eigenvalue weighted by atomic mass is 9.96. The first-order chi connectivity index (χ1) is 12.3. The minimum Gasteiger partial charge on any atom is -0.382 e. The molecular formula is C20H31N3OS. The first-order valence-corrected chi connectivity index (χ1v) is 10.1. The molecule has 2 aliphatic heterocycles. The fourth-order valence-electron chi connectivity index (χ4n) is 4.20. The lowest BCUT2D eigenvalue weighted by Crippen LogP contribution is -2.51. The van der Waals surface area contributed by atoms with Crippen molar-refractivity contribution in [2.45, 2.75) is 63.7 Å². The number of rotatable bonds is 8. The molecule has 4 nitrogen and oxygen atoms in total. The van der Waals surface area contributed by atoms with Crippen LogP contribution in [0.4, 0.5) is 0 Å². The van der Waals surface area contributed by atoms with Crippen molar-refractivity contribution in [1.82, 2.24) is 15.5 Å². The molecule has 0 saturated carbocycles. The molecule has 0 amide bonds. The second kappa shape index (κ2) is 9.51. The van der Waals surface area contributed by atoms with Gasteiger partial charge in [-0.1, -0.05) is 30.3 Å². The Hall–Kier alpha value is -1.17. The lowest BCUT2D eigenvalue weighted by Gasteiger charge is -2.39. The fourth-order valence-corrected chi connectivity index (χ4v) is 4.47. The van der Waals surface area contributed by atoms with Crippen LogP contribution in [0.25, 0.3) is 0 Å². The van der Waals surface area contributed by atoms with Gasteiger partial charge in [0.2, 0.25) is 0 Å². The Morgan fingerprint density at radius 3 is 2.60 bits per heavy atom. The van der Waals surface area contributed by atoms with E-state index in [0.717, 1.165) is 37.8 Å². The van der Waals surface area contributed by atoms with Crippen LogP contribution in [-0.4, -0.2) is 47.9 Å². The standard InChI is InChI=1S/C20H31N3OS/c1-2-24-12-6-11-21-20(25)22-17-13-18-9-10-19(14-17)23(18)15-16-7-4-3-5-8-16/h3-5,7-8,17-19H,2,6,9-15H2,1H3,(H2,21,22,25)/t18-,19-/m0/s1. The summed E-state index contributed by atoms with van der Waals surface area (Å²) in [5, 5.41) is 7.67. The summed E-state index contributed by atoms with van der Waals surface area (Å²) in [6, 6.07) is 12.8. The topological polar surface area (TPSA) is 36.5 Å². The number of fused-ring (bicyclic) bond motifs is 2. The summed E-state index contributed by atoms with van der Waals surface area (Å²) in [4.78, 5) is 2.71. The summed E-state index contributed by atoms with van der Waals surface area (Å²) in [6.07, 6.45) is 6.04. The predicted octanol–water partition coefficient (Wildman–Crippen LogP) is 3.07. The molecule has 3 rings (SSSR count). The molecule has 0 aromatic heterocycles. The lowest BCUT2D eigenvalue weighted by molar-refractivity contribution is 0.114. The van der Waals surface area contributed by atoms with E-state index in [4.69, 9.17) is 17.0 Å². The van der Waals surface area contributed by atoms with Crippen molar-refractivity contribution in [3.63, 3.8) is 0 Å². The van der Waals surface area contributed by atoms with Gasteiger partial charge in [0.15, 0.2) is 5.11 Å². The molecule has 2 N–H and O–H groups in total. The number of hydrogen-bond donors (Lipinski definition) is 2. The van der Waals surface area contributed by atoms with Gasteiger partial charge >= 0.3 is 0 Å².